The second-order valence-electron chi connectivity index (χ2n) is 5.87. The standard InChI is InChI=1S/C14H24O2S/c1-2-11-5-3-4-6-12(11)17-10-14(7-8-14)9-13(15)16/h11-12H,2-10H2,1H3,(H,15,16). The molecule has 0 radical (unpaired) electrons. The Morgan fingerprint density at radius 3 is 2.65 bits per heavy atom. The number of hydrogen-bond donors (Lipinski definition) is 1. The third-order valence-corrected chi connectivity index (χ3v) is 6.28. The summed E-state index contributed by atoms with van der Waals surface area (Å²) in [5.41, 5.74) is 0.173. The zero-order valence-electron chi connectivity index (χ0n) is 10.8. The van der Waals surface area contributed by atoms with E-state index in [1.807, 2.05) is 0 Å². The molecule has 17 heavy (non-hydrogen) atoms. The van der Waals surface area contributed by atoms with Gasteiger partial charge >= 0.3 is 5.97 Å². The second-order valence-corrected chi connectivity index (χ2v) is 7.10. The highest BCUT2D eigenvalue weighted by Gasteiger charge is 2.45. The van der Waals surface area contributed by atoms with Gasteiger partial charge in [-0.3, -0.25) is 4.79 Å². The Bertz CT molecular complexity index is 273. The van der Waals surface area contributed by atoms with Crippen molar-refractivity contribution in [1.82, 2.24) is 0 Å². The largest absolute Gasteiger partial charge is 0.481 e. The van der Waals surface area contributed by atoms with E-state index in [0.29, 0.717) is 6.42 Å². The Balaban J connectivity index is 1.78. The van der Waals surface area contributed by atoms with Gasteiger partial charge in [-0.25, -0.2) is 0 Å². The van der Waals surface area contributed by atoms with Gasteiger partial charge in [0, 0.05) is 5.25 Å². The molecule has 1 N–H and O–H groups in total. The highest BCUT2D eigenvalue weighted by atomic mass is 32.2. The number of rotatable bonds is 6. The minimum atomic E-state index is -0.612. The van der Waals surface area contributed by atoms with Crippen LogP contribution in [-0.4, -0.2) is 22.1 Å². The van der Waals surface area contributed by atoms with Gasteiger partial charge in [0.05, 0.1) is 6.42 Å². The predicted octanol–water partition coefficient (Wildman–Crippen LogP) is 3.94. The van der Waals surface area contributed by atoms with Gasteiger partial charge in [-0.05, 0) is 42.8 Å². The number of thioether (sulfide) groups is 1. The lowest BCUT2D eigenvalue weighted by Crippen LogP contribution is -2.23. The van der Waals surface area contributed by atoms with Gasteiger partial charge in [-0.2, -0.15) is 11.8 Å². The van der Waals surface area contributed by atoms with Crippen LogP contribution in [0, 0.1) is 11.3 Å². The molecule has 98 valence electrons. The van der Waals surface area contributed by atoms with Crippen molar-refractivity contribution in [3.63, 3.8) is 0 Å². The van der Waals surface area contributed by atoms with Gasteiger partial charge in [0.2, 0.25) is 0 Å². The molecule has 2 aliphatic rings. The van der Waals surface area contributed by atoms with E-state index in [1.54, 1.807) is 0 Å². The minimum absolute atomic E-state index is 0.173. The fourth-order valence-electron chi connectivity index (χ4n) is 3.01. The number of aliphatic carboxylic acids is 1. The van der Waals surface area contributed by atoms with Crippen LogP contribution in [0.5, 0.6) is 0 Å². The molecular weight excluding hydrogens is 232 g/mol. The summed E-state index contributed by atoms with van der Waals surface area (Å²) in [6.07, 6.45) is 9.47. The van der Waals surface area contributed by atoms with Gasteiger partial charge in [-0.1, -0.05) is 26.2 Å². The monoisotopic (exact) mass is 256 g/mol. The fourth-order valence-corrected chi connectivity index (χ4v) is 4.91. The molecule has 0 aromatic heterocycles. The van der Waals surface area contributed by atoms with Crippen molar-refractivity contribution in [2.45, 2.75) is 63.5 Å². The minimum Gasteiger partial charge on any atom is -0.481 e. The van der Waals surface area contributed by atoms with Crippen LogP contribution in [0.4, 0.5) is 0 Å². The summed E-state index contributed by atoms with van der Waals surface area (Å²) in [7, 11) is 0. The quantitative estimate of drug-likeness (QED) is 0.782. The van der Waals surface area contributed by atoms with Crippen molar-refractivity contribution < 1.29 is 9.90 Å². The maximum atomic E-state index is 10.8. The molecule has 0 heterocycles. The Kier molecular flexibility index (Phi) is 4.40. The van der Waals surface area contributed by atoms with E-state index < -0.39 is 5.97 Å². The van der Waals surface area contributed by atoms with Crippen molar-refractivity contribution in [3.8, 4) is 0 Å². The van der Waals surface area contributed by atoms with Crippen LogP contribution in [0.15, 0.2) is 0 Å². The smallest absolute Gasteiger partial charge is 0.303 e. The van der Waals surface area contributed by atoms with E-state index in [-0.39, 0.29) is 5.41 Å². The maximum absolute atomic E-state index is 10.8. The summed E-state index contributed by atoms with van der Waals surface area (Å²) in [5, 5.41) is 9.72. The molecule has 2 saturated carbocycles. The lowest BCUT2D eigenvalue weighted by atomic mass is 9.87. The Morgan fingerprint density at radius 1 is 1.35 bits per heavy atom. The molecule has 0 saturated heterocycles. The van der Waals surface area contributed by atoms with Gasteiger partial charge in [0.15, 0.2) is 0 Å². The Hall–Kier alpha value is -0.180. The molecule has 2 rings (SSSR count). The van der Waals surface area contributed by atoms with E-state index in [2.05, 4.69) is 18.7 Å². The number of carboxylic acids is 1. The van der Waals surface area contributed by atoms with Gasteiger partial charge in [-0.15, -0.1) is 0 Å². The summed E-state index contributed by atoms with van der Waals surface area (Å²) < 4.78 is 0. The Labute approximate surface area is 109 Å². The molecular formula is C14H24O2S. The summed E-state index contributed by atoms with van der Waals surface area (Å²) in [6.45, 7) is 2.30. The zero-order valence-corrected chi connectivity index (χ0v) is 11.6. The van der Waals surface area contributed by atoms with Gasteiger partial charge in [0.1, 0.15) is 0 Å². The average molecular weight is 256 g/mol. The number of hydrogen-bond acceptors (Lipinski definition) is 2. The number of carbonyl (C=O) groups is 1. The predicted molar refractivity (Wildman–Crippen MR) is 72.4 cm³/mol. The second kappa shape index (κ2) is 5.64. The van der Waals surface area contributed by atoms with E-state index in [4.69, 9.17) is 5.11 Å². The first-order valence-electron chi connectivity index (χ1n) is 6.99. The summed E-state index contributed by atoms with van der Waals surface area (Å²) in [4.78, 5) is 10.8. The van der Waals surface area contributed by atoms with Crippen molar-refractivity contribution in [2.75, 3.05) is 5.75 Å². The van der Waals surface area contributed by atoms with Crippen LogP contribution in [0.3, 0.4) is 0 Å². The van der Waals surface area contributed by atoms with Crippen molar-refractivity contribution in [3.05, 3.63) is 0 Å². The van der Waals surface area contributed by atoms with Crippen LogP contribution < -0.4 is 0 Å². The number of carboxylic acid groups (broad SMARTS) is 1. The first kappa shape index (κ1) is 13.3. The molecule has 0 amide bonds. The normalized spacial score (nSPS) is 31.1. The van der Waals surface area contributed by atoms with Crippen molar-refractivity contribution in [1.29, 1.82) is 0 Å². The molecule has 3 heteroatoms. The third-order valence-electron chi connectivity index (χ3n) is 4.45. The van der Waals surface area contributed by atoms with Crippen LogP contribution in [0.1, 0.15) is 58.3 Å². The summed E-state index contributed by atoms with van der Waals surface area (Å²) in [5.74, 6) is 1.36. The van der Waals surface area contributed by atoms with E-state index in [0.717, 1.165) is 29.8 Å². The molecule has 2 atom stereocenters. The maximum Gasteiger partial charge on any atom is 0.303 e. The van der Waals surface area contributed by atoms with Gasteiger partial charge < -0.3 is 5.11 Å². The zero-order chi connectivity index (χ0) is 12.3. The van der Waals surface area contributed by atoms with Crippen LogP contribution >= 0.6 is 11.8 Å². The van der Waals surface area contributed by atoms with Crippen LogP contribution in [0.25, 0.3) is 0 Å². The lowest BCUT2D eigenvalue weighted by molar-refractivity contribution is -0.138. The molecule has 0 aromatic carbocycles. The molecule has 0 spiro atoms. The first-order valence-corrected chi connectivity index (χ1v) is 8.03. The van der Waals surface area contributed by atoms with Crippen LogP contribution in [-0.2, 0) is 4.79 Å². The van der Waals surface area contributed by atoms with Crippen molar-refractivity contribution in [2.24, 2.45) is 11.3 Å². The van der Waals surface area contributed by atoms with E-state index in [9.17, 15) is 4.79 Å². The first-order chi connectivity index (χ1) is 8.15. The molecule has 0 aliphatic heterocycles. The molecule has 2 fully saturated rings. The summed E-state index contributed by atoms with van der Waals surface area (Å²) >= 11 is 2.08. The topological polar surface area (TPSA) is 37.3 Å². The third kappa shape index (κ3) is 3.64. The van der Waals surface area contributed by atoms with Crippen LogP contribution in [0.2, 0.25) is 0 Å². The van der Waals surface area contributed by atoms with Crippen molar-refractivity contribution >= 4 is 17.7 Å². The van der Waals surface area contributed by atoms with E-state index >= 15 is 0 Å². The molecule has 0 aromatic rings. The lowest BCUT2D eigenvalue weighted by Gasteiger charge is -2.31. The highest BCUT2D eigenvalue weighted by molar-refractivity contribution is 7.99. The van der Waals surface area contributed by atoms with E-state index in [1.165, 1.54) is 32.1 Å². The molecule has 2 nitrogen and oxygen atoms in total. The average Bonchev–Trinajstić information content (AvgIpc) is 3.06. The molecule has 0 bridgehead atoms. The molecule has 2 unspecified atom stereocenters. The fraction of sp³-hybridized carbons (Fsp3) is 0.929. The summed E-state index contributed by atoms with van der Waals surface area (Å²) in [6, 6.07) is 0. The Morgan fingerprint density at radius 2 is 2.06 bits per heavy atom. The molecule has 2 aliphatic carbocycles. The SMILES string of the molecule is CCC1CCCCC1SCC1(CC(=O)O)CC1. The van der Waals surface area contributed by atoms with Gasteiger partial charge in [0.25, 0.3) is 0 Å². The highest BCUT2D eigenvalue weighted by Crippen LogP contribution is 2.52.